The quantitative estimate of drug-likeness (QED) is 0.698. The second-order valence-corrected chi connectivity index (χ2v) is 7.34. The molecule has 2 aliphatic rings. The Balaban J connectivity index is 2.10. The summed E-state index contributed by atoms with van der Waals surface area (Å²) in [7, 11) is 5.20. The first-order valence-corrected chi connectivity index (χ1v) is 8.66. The van der Waals surface area contributed by atoms with Gasteiger partial charge in [-0.3, -0.25) is 19.1 Å². The van der Waals surface area contributed by atoms with Crippen LogP contribution in [0.4, 0.5) is 15.8 Å². The highest BCUT2D eigenvalue weighted by molar-refractivity contribution is 6.11. The van der Waals surface area contributed by atoms with E-state index >= 15 is 0 Å². The van der Waals surface area contributed by atoms with E-state index in [1.54, 1.807) is 21.0 Å². The van der Waals surface area contributed by atoms with Gasteiger partial charge in [-0.05, 0) is 27.0 Å². The number of pyridine rings is 2. The number of piperazine rings is 1. The number of carbonyl (C=O) groups excluding carboxylic acids is 1. The molecule has 0 spiro atoms. The predicted octanol–water partition coefficient (Wildman–Crippen LogP) is 0.866. The van der Waals surface area contributed by atoms with E-state index in [1.807, 2.05) is 11.9 Å². The summed E-state index contributed by atoms with van der Waals surface area (Å²) in [6.07, 6.45) is 0. The largest absolute Gasteiger partial charge is 0.354 e. The van der Waals surface area contributed by atoms with Crippen LogP contribution in [-0.2, 0) is 11.8 Å². The van der Waals surface area contributed by atoms with Gasteiger partial charge in [0.2, 0.25) is 0 Å². The van der Waals surface area contributed by atoms with E-state index in [9.17, 15) is 14.0 Å². The normalized spacial score (nSPS) is 23.4. The third-order valence-electron chi connectivity index (χ3n) is 5.72. The van der Waals surface area contributed by atoms with Crippen molar-refractivity contribution in [1.82, 2.24) is 14.5 Å². The van der Waals surface area contributed by atoms with Crippen molar-refractivity contribution in [3.05, 3.63) is 27.9 Å². The lowest BCUT2D eigenvalue weighted by molar-refractivity contribution is -0.121. The molecule has 26 heavy (non-hydrogen) atoms. The Morgan fingerprint density at radius 3 is 2.54 bits per heavy atom. The summed E-state index contributed by atoms with van der Waals surface area (Å²) >= 11 is 0. The Bertz CT molecular complexity index is 1000. The fourth-order valence-electron chi connectivity index (χ4n) is 3.97. The SMILES string of the molecule is Cc1nc2c(cc1F)c1c(c(=O)n2C)N(C)C(=O)C2CN(C)C(C)CN12. The van der Waals surface area contributed by atoms with Crippen molar-refractivity contribution < 1.29 is 9.18 Å². The summed E-state index contributed by atoms with van der Waals surface area (Å²) in [5.74, 6) is -0.537. The first kappa shape index (κ1) is 17.0. The molecule has 2 aromatic rings. The molecular weight excluding hydrogens is 337 g/mol. The smallest absolute Gasteiger partial charge is 0.278 e. The maximum Gasteiger partial charge on any atom is 0.278 e. The zero-order valence-corrected chi connectivity index (χ0v) is 15.6. The van der Waals surface area contributed by atoms with E-state index < -0.39 is 11.9 Å². The van der Waals surface area contributed by atoms with Crippen LogP contribution in [0.2, 0.25) is 0 Å². The van der Waals surface area contributed by atoms with Crippen molar-refractivity contribution in [1.29, 1.82) is 0 Å². The molecule has 2 aliphatic heterocycles. The Morgan fingerprint density at radius 2 is 1.85 bits per heavy atom. The van der Waals surface area contributed by atoms with Crippen molar-refractivity contribution in [3.63, 3.8) is 0 Å². The fourth-order valence-corrected chi connectivity index (χ4v) is 3.97. The lowest BCUT2D eigenvalue weighted by Gasteiger charge is -2.49. The van der Waals surface area contributed by atoms with Crippen LogP contribution in [-0.4, -0.2) is 59.6 Å². The van der Waals surface area contributed by atoms with Crippen LogP contribution < -0.4 is 15.4 Å². The van der Waals surface area contributed by atoms with Crippen LogP contribution in [0.25, 0.3) is 11.0 Å². The molecule has 0 saturated carbocycles. The second kappa shape index (κ2) is 5.51. The van der Waals surface area contributed by atoms with Crippen LogP contribution in [0.5, 0.6) is 0 Å². The summed E-state index contributed by atoms with van der Waals surface area (Å²) in [6, 6.07) is 1.24. The van der Waals surface area contributed by atoms with E-state index in [-0.39, 0.29) is 23.2 Å². The van der Waals surface area contributed by atoms with Crippen LogP contribution in [0.1, 0.15) is 12.6 Å². The molecule has 2 unspecified atom stereocenters. The van der Waals surface area contributed by atoms with Gasteiger partial charge in [-0.25, -0.2) is 9.37 Å². The molecule has 8 heteroatoms. The van der Waals surface area contributed by atoms with Gasteiger partial charge in [0, 0.05) is 38.6 Å². The molecule has 0 aliphatic carbocycles. The fraction of sp³-hybridized carbons (Fsp3) is 0.500. The first-order chi connectivity index (χ1) is 12.2. The summed E-state index contributed by atoms with van der Waals surface area (Å²) in [4.78, 5) is 35.7. The lowest BCUT2D eigenvalue weighted by Crippen LogP contribution is -2.64. The molecule has 0 radical (unpaired) electrons. The van der Waals surface area contributed by atoms with Gasteiger partial charge in [-0.2, -0.15) is 0 Å². The van der Waals surface area contributed by atoms with Gasteiger partial charge in [-0.1, -0.05) is 0 Å². The number of anilines is 2. The minimum atomic E-state index is -0.420. The van der Waals surface area contributed by atoms with Crippen LogP contribution >= 0.6 is 0 Å². The molecule has 138 valence electrons. The zero-order chi connectivity index (χ0) is 18.9. The number of likely N-dealkylation sites (N-methyl/N-ethyl adjacent to an activating group) is 2. The molecule has 4 rings (SSSR count). The highest BCUT2D eigenvalue weighted by atomic mass is 19.1. The van der Waals surface area contributed by atoms with Crippen molar-refractivity contribution in [2.24, 2.45) is 7.05 Å². The summed E-state index contributed by atoms with van der Waals surface area (Å²) in [5.41, 5.74) is 1.29. The zero-order valence-electron chi connectivity index (χ0n) is 15.6. The number of fused-ring (bicyclic) bond motifs is 5. The van der Waals surface area contributed by atoms with Gasteiger partial charge in [0.1, 0.15) is 23.2 Å². The van der Waals surface area contributed by atoms with Gasteiger partial charge in [-0.15, -0.1) is 0 Å². The average Bonchev–Trinajstić information content (AvgIpc) is 2.59. The number of hydrogen-bond donors (Lipinski definition) is 0. The van der Waals surface area contributed by atoms with E-state index in [0.29, 0.717) is 35.5 Å². The third kappa shape index (κ3) is 2.11. The molecule has 2 aromatic heterocycles. The monoisotopic (exact) mass is 359 g/mol. The maximum atomic E-state index is 14.3. The molecule has 7 nitrogen and oxygen atoms in total. The summed E-state index contributed by atoms with van der Waals surface area (Å²) in [5, 5.41) is 0.561. The Kier molecular flexibility index (Phi) is 3.59. The van der Waals surface area contributed by atoms with E-state index in [0.717, 1.165) is 0 Å². The predicted molar refractivity (Wildman–Crippen MR) is 98.3 cm³/mol. The minimum Gasteiger partial charge on any atom is -0.354 e. The van der Waals surface area contributed by atoms with Crippen molar-refractivity contribution in [2.75, 3.05) is 37.0 Å². The number of aromatic nitrogens is 2. The van der Waals surface area contributed by atoms with Crippen LogP contribution in [0, 0.1) is 12.7 Å². The number of hydrogen-bond acceptors (Lipinski definition) is 5. The lowest BCUT2D eigenvalue weighted by atomic mass is 9.99. The number of aryl methyl sites for hydroxylation is 2. The van der Waals surface area contributed by atoms with Crippen molar-refractivity contribution >= 4 is 28.3 Å². The van der Waals surface area contributed by atoms with Crippen molar-refractivity contribution in [2.45, 2.75) is 25.9 Å². The van der Waals surface area contributed by atoms with E-state index in [4.69, 9.17) is 0 Å². The van der Waals surface area contributed by atoms with Gasteiger partial charge in [0.15, 0.2) is 0 Å². The molecule has 0 aromatic carbocycles. The van der Waals surface area contributed by atoms with Crippen LogP contribution in [0.3, 0.4) is 0 Å². The topological polar surface area (TPSA) is 61.7 Å². The third-order valence-corrected chi connectivity index (χ3v) is 5.72. The molecule has 2 atom stereocenters. The standard InChI is InChI=1S/C18H22FN5O2/c1-9-7-24-13(8-21(9)3)17(25)22(4)15-14(24)11-6-12(19)10(2)20-16(11)23(5)18(15)26/h6,9,13H,7-8H2,1-5H3. The molecule has 0 bridgehead atoms. The first-order valence-electron chi connectivity index (χ1n) is 8.66. The van der Waals surface area contributed by atoms with Crippen molar-refractivity contribution in [3.8, 4) is 0 Å². The number of carbonyl (C=O) groups is 1. The maximum absolute atomic E-state index is 14.3. The number of nitrogens with zero attached hydrogens (tertiary/aromatic N) is 5. The Morgan fingerprint density at radius 1 is 1.15 bits per heavy atom. The Labute approximate surface area is 150 Å². The molecular formula is C18H22FN5O2. The van der Waals surface area contributed by atoms with E-state index in [2.05, 4.69) is 16.8 Å². The summed E-state index contributed by atoms with van der Waals surface area (Å²) in [6.45, 7) is 4.80. The second-order valence-electron chi connectivity index (χ2n) is 7.34. The minimum absolute atomic E-state index is 0.117. The number of rotatable bonds is 0. The van der Waals surface area contributed by atoms with Gasteiger partial charge >= 0.3 is 0 Å². The Hall–Kier alpha value is -2.48. The molecule has 1 amide bonds. The highest BCUT2D eigenvalue weighted by Gasteiger charge is 2.44. The molecule has 1 fully saturated rings. The highest BCUT2D eigenvalue weighted by Crippen LogP contribution is 2.40. The number of halogens is 1. The average molecular weight is 359 g/mol. The van der Waals surface area contributed by atoms with Gasteiger partial charge < -0.3 is 9.80 Å². The van der Waals surface area contributed by atoms with Crippen LogP contribution in [0.15, 0.2) is 10.9 Å². The molecule has 4 heterocycles. The van der Waals surface area contributed by atoms with Gasteiger partial charge in [0.25, 0.3) is 11.5 Å². The number of amides is 1. The van der Waals surface area contributed by atoms with Gasteiger partial charge in [0.05, 0.1) is 11.4 Å². The molecule has 0 N–H and O–H groups in total. The molecule has 1 saturated heterocycles. The van der Waals surface area contributed by atoms with E-state index in [1.165, 1.54) is 15.5 Å². The summed E-state index contributed by atoms with van der Waals surface area (Å²) < 4.78 is 15.7.